The second kappa shape index (κ2) is 9.12. The lowest BCUT2D eigenvalue weighted by Crippen LogP contribution is -2.43. The van der Waals surface area contributed by atoms with Crippen molar-refractivity contribution in [3.05, 3.63) is 75.3 Å². The van der Waals surface area contributed by atoms with Crippen LogP contribution in [0.15, 0.2) is 53.5 Å². The predicted molar refractivity (Wildman–Crippen MR) is 157 cm³/mol. The van der Waals surface area contributed by atoms with E-state index in [9.17, 15) is 4.79 Å². The highest BCUT2D eigenvalue weighted by Gasteiger charge is 2.34. The molecule has 1 unspecified atom stereocenters. The van der Waals surface area contributed by atoms with Gasteiger partial charge in [0.25, 0.3) is 0 Å². The van der Waals surface area contributed by atoms with Gasteiger partial charge in [0.2, 0.25) is 0 Å². The van der Waals surface area contributed by atoms with Gasteiger partial charge in [-0.3, -0.25) is 9.67 Å². The molecule has 1 fully saturated rings. The number of anilines is 1. The Morgan fingerprint density at radius 2 is 2.00 bits per heavy atom. The molecule has 198 valence electrons. The van der Waals surface area contributed by atoms with Crippen LogP contribution in [-0.2, 0) is 0 Å². The molecule has 1 atom stereocenters. The van der Waals surface area contributed by atoms with E-state index in [1.807, 2.05) is 36.5 Å². The smallest absolute Gasteiger partial charge is 0.354 e. The monoisotopic (exact) mass is 539 g/mol. The maximum absolute atomic E-state index is 14.0. The molecule has 2 aromatic heterocycles. The highest BCUT2D eigenvalue weighted by atomic mass is 35.5. The fraction of sp³-hybridized carbons (Fsp3) is 0.323. The largest absolute Gasteiger partial charge is 0.489 e. The van der Waals surface area contributed by atoms with Crippen LogP contribution in [0.5, 0.6) is 5.75 Å². The summed E-state index contributed by atoms with van der Waals surface area (Å²) in [5.41, 5.74) is 6.14. The molecule has 3 aromatic carbocycles. The lowest BCUT2D eigenvalue weighted by atomic mass is 9.95. The Bertz CT molecular complexity index is 1820. The zero-order chi connectivity index (χ0) is 26.8. The van der Waals surface area contributed by atoms with Gasteiger partial charge in [0, 0.05) is 17.5 Å². The number of hydrogen-bond acceptors (Lipinski definition) is 5. The molecule has 0 aliphatic carbocycles. The molecule has 0 spiro atoms. The topological polar surface area (TPSA) is 76.0 Å². The molecule has 7 nitrogen and oxygen atoms in total. The Kier molecular flexibility index (Phi) is 5.67. The number of benzene rings is 3. The first kappa shape index (κ1) is 24.2. The molecule has 8 heteroatoms. The van der Waals surface area contributed by atoms with Crippen molar-refractivity contribution in [1.29, 1.82) is 0 Å². The quantitative estimate of drug-likeness (QED) is 0.274. The normalized spacial score (nSPS) is 16.9. The summed E-state index contributed by atoms with van der Waals surface area (Å²) in [7, 11) is 0. The van der Waals surface area contributed by atoms with E-state index < -0.39 is 0 Å². The van der Waals surface area contributed by atoms with E-state index >= 15 is 0 Å². The van der Waals surface area contributed by atoms with Gasteiger partial charge < -0.3 is 9.64 Å². The summed E-state index contributed by atoms with van der Waals surface area (Å²) in [5.74, 6) is 1.49. The van der Waals surface area contributed by atoms with E-state index in [0.29, 0.717) is 23.2 Å². The molecule has 0 bridgehead atoms. The van der Waals surface area contributed by atoms with Crippen molar-refractivity contribution >= 4 is 39.2 Å². The minimum absolute atomic E-state index is 0.151. The number of hydrogen-bond donors (Lipinski definition) is 1. The van der Waals surface area contributed by atoms with Gasteiger partial charge in [0.1, 0.15) is 12.4 Å². The Morgan fingerprint density at radius 1 is 1.15 bits per heavy atom. The summed E-state index contributed by atoms with van der Waals surface area (Å²) in [6.07, 6.45) is 5.01. The zero-order valence-corrected chi connectivity index (χ0v) is 23.0. The highest BCUT2D eigenvalue weighted by molar-refractivity contribution is 6.37. The SMILES string of the molecule is Cc1ccc2[nH]ncc2c1-c1cc2c3c(nc(=O)n2-c2ccccc2C(C)C)N2CCCCC2COc3c1Cl. The van der Waals surface area contributed by atoms with Gasteiger partial charge in [-0.2, -0.15) is 10.1 Å². The number of fused-ring (bicyclic) bond motifs is 3. The van der Waals surface area contributed by atoms with Gasteiger partial charge in [-0.05, 0) is 67.0 Å². The van der Waals surface area contributed by atoms with Crippen molar-refractivity contribution in [2.45, 2.75) is 52.0 Å². The number of aryl methyl sites for hydroxylation is 1. The van der Waals surface area contributed by atoms with Crippen LogP contribution in [0.1, 0.15) is 50.2 Å². The molecule has 0 saturated carbocycles. The van der Waals surface area contributed by atoms with E-state index in [0.717, 1.165) is 75.6 Å². The summed E-state index contributed by atoms with van der Waals surface area (Å²) < 4.78 is 8.32. The van der Waals surface area contributed by atoms with Crippen LogP contribution in [0.4, 0.5) is 5.82 Å². The summed E-state index contributed by atoms with van der Waals surface area (Å²) in [6.45, 7) is 7.69. The third-order valence-corrected chi connectivity index (χ3v) is 8.65. The molecule has 7 rings (SSSR count). The second-order valence-electron chi connectivity index (χ2n) is 11.0. The van der Waals surface area contributed by atoms with Crippen LogP contribution >= 0.6 is 11.6 Å². The van der Waals surface area contributed by atoms with Crippen molar-refractivity contribution in [3.63, 3.8) is 0 Å². The predicted octanol–water partition coefficient (Wildman–Crippen LogP) is 6.77. The second-order valence-corrected chi connectivity index (χ2v) is 11.3. The number of rotatable bonds is 3. The van der Waals surface area contributed by atoms with Gasteiger partial charge >= 0.3 is 5.69 Å². The standard InChI is InChI=1S/C31H30ClN5O2/c1-17(2)20-9-4-5-10-24(20)37-25-14-21(26-18(3)11-12-23-22(26)15-33-35-23)28(32)29-27(25)30(34-31(37)38)36-13-7-6-8-19(36)16-39-29/h4-5,9-12,14-15,17,19H,6-8,13,16H2,1-3H3,(H,33,35). The number of aromatic amines is 1. The first-order chi connectivity index (χ1) is 18.9. The van der Waals surface area contributed by atoms with Crippen LogP contribution in [0, 0.1) is 6.92 Å². The highest BCUT2D eigenvalue weighted by Crippen LogP contribution is 2.48. The van der Waals surface area contributed by atoms with Crippen LogP contribution in [-0.4, -0.2) is 38.9 Å². The number of halogens is 1. The fourth-order valence-electron chi connectivity index (χ4n) is 6.37. The first-order valence-corrected chi connectivity index (χ1v) is 14.0. The van der Waals surface area contributed by atoms with E-state index in [1.165, 1.54) is 0 Å². The Balaban J connectivity index is 1.64. The number of aromatic nitrogens is 4. The maximum Gasteiger partial charge on any atom is 0.354 e. The number of piperidine rings is 1. The van der Waals surface area contributed by atoms with Crippen molar-refractivity contribution in [2.24, 2.45) is 0 Å². The van der Waals surface area contributed by atoms with Crippen molar-refractivity contribution in [3.8, 4) is 22.6 Å². The van der Waals surface area contributed by atoms with Crippen molar-refractivity contribution in [1.82, 2.24) is 19.7 Å². The number of ether oxygens (including phenoxy) is 1. The summed E-state index contributed by atoms with van der Waals surface area (Å²) in [5, 5.41) is 9.67. The van der Waals surface area contributed by atoms with E-state index in [2.05, 4.69) is 48.0 Å². The molecular weight excluding hydrogens is 510 g/mol. The molecular formula is C31H30ClN5O2. The molecule has 1 saturated heterocycles. The van der Waals surface area contributed by atoms with Crippen molar-refractivity contribution in [2.75, 3.05) is 18.1 Å². The maximum atomic E-state index is 14.0. The average molecular weight is 540 g/mol. The summed E-state index contributed by atoms with van der Waals surface area (Å²) in [4.78, 5) is 21.0. The van der Waals surface area contributed by atoms with E-state index in [1.54, 1.807) is 4.57 Å². The number of H-pyrrole nitrogens is 1. The molecule has 4 heterocycles. The van der Waals surface area contributed by atoms with Crippen LogP contribution in [0.3, 0.4) is 0 Å². The Hall–Kier alpha value is -3.84. The Labute approximate surface area is 231 Å². The number of para-hydroxylation sites is 1. The first-order valence-electron chi connectivity index (χ1n) is 13.6. The lowest BCUT2D eigenvalue weighted by Gasteiger charge is -2.35. The number of nitrogens with one attached hydrogen (secondary N) is 1. The molecule has 5 aromatic rings. The van der Waals surface area contributed by atoms with Gasteiger partial charge in [-0.15, -0.1) is 0 Å². The third kappa shape index (κ3) is 3.67. The van der Waals surface area contributed by atoms with Crippen LogP contribution in [0.25, 0.3) is 38.6 Å². The lowest BCUT2D eigenvalue weighted by molar-refractivity contribution is 0.268. The van der Waals surface area contributed by atoms with Gasteiger partial charge in [0.05, 0.1) is 39.4 Å². The minimum atomic E-state index is -0.297. The van der Waals surface area contributed by atoms with E-state index in [-0.39, 0.29) is 17.6 Å². The third-order valence-electron chi connectivity index (χ3n) is 8.28. The zero-order valence-electron chi connectivity index (χ0n) is 22.3. The van der Waals surface area contributed by atoms with Crippen LogP contribution < -0.4 is 15.3 Å². The minimum Gasteiger partial charge on any atom is -0.489 e. The number of nitrogens with zero attached hydrogens (tertiary/aromatic N) is 4. The molecule has 2 aliphatic heterocycles. The summed E-state index contributed by atoms with van der Waals surface area (Å²) in [6, 6.07) is 14.3. The van der Waals surface area contributed by atoms with Gasteiger partial charge in [-0.1, -0.05) is 49.7 Å². The van der Waals surface area contributed by atoms with Gasteiger partial charge in [-0.25, -0.2) is 4.79 Å². The average Bonchev–Trinajstić information content (AvgIpc) is 3.34. The van der Waals surface area contributed by atoms with Crippen LogP contribution in [0.2, 0.25) is 5.02 Å². The molecule has 39 heavy (non-hydrogen) atoms. The van der Waals surface area contributed by atoms with Crippen molar-refractivity contribution < 1.29 is 4.74 Å². The summed E-state index contributed by atoms with van der Waals surface area (Å²) >= 11 is 7.27. The molecule has 0 radical (unpaired) electrons. The molecule has 2 aliphatic rings. The van der Waals surface area contributed by atoms with E-state index in [4.69, 9.17) is 21.3 Å². The molecule has 0 amide bonds. The Morgan fingerprint density at radius 3 is 2.85 bits per heavy atom. The van der Waals surface area contributed by atoms with Gasteiger partial charge in [0.15, 0.2) is 5.75 Å². The fourth-order valence-corrected chi connectivity index (χ4v) is 6.66. The molecule has 1 N–H and O–H groups in total.